The van der Waals surface area contributed by atoms with Crippen LogP contribution in [-0.2, 0) is 9.31 Å². The van der Waals surface area contributed by atoms with Crippen LogP contribution in [0.25, 0.3) is 0 Å². The minimum absolute atomic E-state index is 0.0593. The maximum absolute atomic E-state index is 6.39. The van der Waals surface area contributed by atoms with Gasteiger partial charge in [0, 0.05) is 5.31 Å². The maximum Gasteiger partial charge on any atom is 0.464 e. The van der Waals surface area contributed by atoms with E-state index in [4.69, 9.17) is 9.31 Å². The van der Waals surface area contributed by atoms with Crippen LogP contribution in [0.2, 0.25) is 5.31 Å². The maximum atomic E-state index is 6.39. The molecule has 0 radical (unpaired) electrons. The Morgan fingerprint density at radius 1 is 0.727 bits per heavy atom. The van der Waals surface area contributed by atoms with E-state index in [1.54, 1.807) is 0 Å². The molecule has 22 heavy (non-hydrogen) atoms. The Morgan fingerprint density at radius 3 is 1.59 bits per heavy atom. The average molecular weight is 310 g/mol. The highest BCUT2D eigenvalue weighted by Gasteiger charge is 2.57. The highest BCUT2D eigenvalue weighted by Crippen LogP contribution is 2.50. The molecule has 1 rings (SSSR count). The summed E-state index contributed by atoms with van der Waals surface area (Å²) in [7, 11) is -0.0593. The highest BCUT2D eigenvalue weighted by molar-refractivity contribution is 6.49. The van der Waals surface area contributed by atoms with Crippen molar-refractivity contribution >= 4 is 7.12 Å². The summed E-state index contributed by atoms with van der Waals surface area (Å²) in [6.45, 7) is 15.6. The van der Waals surface area contributed by atoms with Gasteiger partial charge < -0.3 is 9.31 Å². The molecule has 1 aliphatic heterocycles. The van der Waals surface area contributed by atoms with Crippen molar-refractivity contribution in [2.45, 2.75) is 123 Å². The van der Waals surface area contributed by atoms with E-state index >= 15 is 0 Å². The van der Waals surface area contributed by atoms with E-state index in [-0.39, 0.29) is 23.6 Å². The fourth-order valence-electron chi connectivity index (χ4n) is 3.22. The molecular weight excluding hydrogens is 271 g/mol. The van der Waals surface area contributed by atoms with Crippen LogP contribution >= 0.6 is 0 Å². The topological polar surface area (TPSA) is 18.5 Å². The Kier molecular flexibility index (Phi) is 7.46. The largest absolute Gasteiger partial charge is 0.464 e. The summed E-state index contributed by atoms with van der Waals surface area (Å²) < 4.78 is 12.8. The fraction of sp³-hybridized carbons (Fsp3) is 1.00. The zero-order valence-corrected chi connectivity index (χ0v) is 16.3. The lowest BCUT2D eigenvalue weighted by atomic mass is 9.54. The molecule has 1 fully saturated rings. The van der Waals surface area contributed by atoms with Crippen LogP contribution in [0.1, 0.15) is 106 Å². The van der Waals surface area contributed by atoms with Gasteiger partial charge in [0.05, 0.1) is 11.2 Å². The average Bonchev–Trinajstić information content (AvgIpc) is 2.65. The molecule has 0 aromatic heterocycles. The quantitative estimate of drug-likeness (QED) is 0.344. The van der Waals surface area contributed by atoms with Gasteiger partial charge in [-0.2, -0.15) is 0 Å². The molecule has 0 spiro atoms. The molecule has 130 valence electrons. The van der Waals surface area contributed by atoms with Crippen LogP contribution in [-0.4, -0.2) is 18.3 Å². The van der Waals surface area contributed by atoms with Crippen LogP contribution in [0.4, 0.5) is 0 Å². The molecule has 0 amide bonds. The molecule has 2 nitrogen and oxygen atoms in total. The minimum atomic E-state index is -0.215. The molecule has 0 N–H and O–H groups in total. The third-order valence-electron chi connectivity index (χ3n) is 5.78. The van der Waals surface area contributed by atoms with Gasteiger partial charge >= 0.3 is 7.12 Å². The van der Waals surface area contributed by atoms with Gasteiger partial charge in [0.1, 0.15) is 0 Å². The predicted molar refractivity (Wildman–Crippen MR) is 97.4 cm³/mol. The van der Waals surface area contributed by atoms with Gasteiger partial charge in [0.25, 0.3) is 0 Å². The molecule has 1 saturated heterocycles. The van der Waals surface area contributed by atoms with Crippen LogP contribution in [0.5, 0.6) is 0 Å². The van der Waals surface area contributed by atoms with Crippen molar-refractivity contribution in [3.63, 3.8) is 0 Å². The normalized spacial score (nSPS) is 22.8. The van der Waals surface area contributed by atoms with Crippen molar-refractivity contribution in [2.75, 3.05) is 0 Å². The zero-order valence-electron chi connectivity index (χ0n) is 16.3. The van der Waals surface area contributed by atoms with E-state index in [0.717, 1.165) is 0 Å². The summed E-state index contributed by atoms with van der Waals surface area (Å²) in [4.78, 5) is 0. The SMILES string of the molecule is CCCCCCC(C)(CCCCC)B1OC(C)(C)C(C)(C)O1. The Balaban J connectivity index is 2.72. The summed E-state index contributed by atoms with van der Waals surface area (Å²) in [6.07, 6.45) is 11.6. The molecule has 0 aromatic rings. The first-order valence-corrected chi connectivity index (χ1v) is 9.54. The molecule has 1 atom stereocenters. The van der Waals surface area contributed by atoms with E-state index in [1.165, 1.54) is 57.8 Å². The Morgan fingerprint density at radius 2 is 1.14 bits per heavy atom. The first-order chi connectivity index (χ1) is 10.2. The number of hydrogen-bond acceptors (Lipinski definition) is 2. The van der Waals surface area contributed by atoms with Crippen LogP contribution in [0.3, 0.4) is 0 Å². The second kappa shape index (κ2) is 8.19. The van der Waals surface area contributed by atoms with Crippen molar-refractivity contribution in [3.05, 3.63) is 0 Å². The van der Waals surface area contributed by atoms with E-state index in [2.05, 4.69) is 48.5 Å². The number of unbranched alkanes of at least 4 members (excludes halogenated alkanes) is 5. The summed E-state index contributed by atoms with van der Waals surface area (Å²) in [6, 6.07) is 0. The van der Waals surface area contributed by atoms with E-state index in [0.29, 0.717) is 0 Å². The van der Waals surface area contributed by atoms with Gasteiger partial charge in [-0.15, -0.1) is 0 Å². The van der Waals surface area contributed by atoms with Crippen molar-refractivity contribution in [3.8, 4) is 0 Å². The first-order valence-electron chi connectivity index (χ1n) is 9.54. The Labute approximate surface area is 139 Å². The summed E-state index contributed by atoms with van der Waals surface area (Å²) in [5.74, 6) is 0. The molecular formula is C19H39BO2. The molecule has 0 saturated carbocycles. The summed E-state index contributed by atoms with van der Waals surface area (Å²) in [5, 5.41) is 0.147. The molecule has 1 unspecified atom stereocenters. The number of hydrogen-bond donors (Lipinski definition) is 0. The molecule has 0 aromatic carbocycles. The van der Waals surface area contributed by atoms with Gasteiger partial charge in [0.15, 0.2) is 0 Å². The van der Waals surface area contributed by atoms with Gasteiger partial charge in [0.2, 0.25) is 0 Å². The zero-order chi connectivity index (χ0) is 16.9. The standard InChI is InChI=1S/C19H39BO2/c1-8-10-12-14-16-19(7,15-13-11-9-2)20-21-17(3,4)18(5,6)22-20/h8-16H2,1-7H3. The van der Waals surface area contributed by atoms with Gasteiger partial charge in [-0.25, -0.2) is 0 Å². The third-order valence-corrected chi connectivity index (χ3v) is 5.78. The highest BCUT2D eigenvalue weighted by atomic mass is 16.7. The minimum Gasteiger partial charge on any atom is -0.403 e. The molecule has 3 heteroatoms. The van der Waals surface area contributed by atoms with Gasteiger partial charge in [-0.3, -0.25) is 0 Å². The van der Waals surface area contributed by atoms with Crippen molar-refractivity contribution in [2.24, 2.45) is 0 Å². The van der Waals surface area contributed by atoms with Crippen LogP contribution < -0.4 is 0 Å². The number of rotatable bonds is 10. The summed E-state index contributed by atoms with van der Waals surface area (Å²) >= 11 is 0. The Bertz CT molecular complexity index is 311. The van der Waals surface area contributed by atoms with Crippen molar-refractivity contribution < 1.29 is 9.31 Å². The molecule has 1 aliphatic rings. The van der Waals surface area contributed by atoms with Crippen LogP contribution in [0.15, 0.2) is 0 Å². The second-order valence-corrected chi connectivity index (χ2v) is 8.51. The lowest BCUT2D eigenvalue weighted by molar-refractivity contribution is 0.00578. The monoisotopic (exact) mass is 310 g/mol. The third kappa shape index (κ3) is 4.99. The van der Waals surface area contributed by atoms with Gasteiger partial charge in [-0.1, -0.05) is 65.7 Å². The fourth-order valence-corrected chi connectivity index (χ4v) is 3.22. The first kappa shape index (κ1) is 20.0. The van der Waals surface area contributed by atoms with Crippen molar-refractivity contribution in [1.29, 1.82) is 0 Å². The summed E-state index contributed by atoms with van der Waals surface area (Å²) in [5.41, 5.74) is -0.430. The predicted octanol–water partition coefficient (Wildman–Crippen LogP) is 6.39. The Hall–Kier alpha value is -0.0151. The molecule has 0 bridgehead atoms. The van der Waals surface area contributed by atoms with Gasteiger partial charge in [-0.05, 0) is 40.5 Å². The van der Waals surface area contributed by atoms with E-state index in [9.17, 15) is 0 Å². The molecule has 0 aliphatic carbocycles. The van der Waals surface area contributed by atoms with E-state index in [1.807, 2.05) is 0 Å². The second-order valence-electron chi connectivity index (χ2n) is 8.51. The van der Waals surface area contributed by atoms with Crippen molar-refractivity contribution in [1.82, 2.24) is 0 Å². The van der Waals surface area contributed by atoms with E-state index < -0.39 is 0 Å². The lowest BCUT2D eigenvalue weighted by Crippen LogP contribution is -2.41. The van der Waals surface area contributed by atoms with Crippen LogP contribution in [0, 0.1) is 0 Å². The smallest absolute Gasteiger partial charge is 0.403 e. The lowest BCUT2D eigenvalue weighted by Gasteiger charge is -2.32. The molecule has 1 heterocycles.